The van der Waals surface area contributed by atoms with Crippen LogP contribution in [0.15, 0.2) is 23.0 Å². The van der Waals surface area contributed by atoms with Gasteiger partial charge >= 0.3 is 6.18 Å². The van der Waals surface area contributed by atoms with Gasteiger partial charge in [0.1, 0.15) is 11.6 Å². The lowest BCUT2D eigenvalue weighted by Gasteiger charge is -2.23. The first kappa shape index (κ1) is 19.8. The number of pyridine rings is 1. The third-order valence-electron chi connectivity index (χ3n) is 5.30. The van der Waals surface area contributed by atoms with E-state index >= 15 is 0 Å². The molecule has 150 valence electrons. The lowest BCUT2D eigenvalue weighted by molar-refractivity contribution is -0.141. The number of aromatic nitrogens is 1. The first-order chi connectivity index (χ1) is 12.9. The molecule has 0 radical (unpaired) electrons. The molecule has 6 nitrogen and oxygen atoms in total. The topological polar surface area (TPSA) is 111 Å². The number of hydrogen-bond acceptors (Lipinski definition) is 4. The van der Waals surface area contributed by atoms with Crippen LogP contribution in [0.5, 0.6) is 5.75 Å². The summed E-state index contributed by atoms with van der Waals surface area (Å²) in [6.45, 7) is 3.20. The Morgan fingerprint density at radius 3 is 2.39 bits per heavy atom. The number of nitrogens with zero attached hydrogens (tertiary/aromatic N) is 1. The third kappa shape index (κ3) is 3.21. The summed E-state index contributed by atoms with van der Waals surface area (Å²) < 4.78 is 40.3. The number of nitrogen functional groups attached to an aromatic ring is 1. The van der Waals surface area contributed by atoms with E-state index in [2.05, 4.69) is 0 Å². The maximum Gasteiger partial charge on any atom is 0.389 e. The zero-order valence-electron chi connectivity index (χ0n) is 15.4. The van der Waals surface area contributed by atoms with Gasteiger partial charge in [0.05, 0.1) is 17.7 Å². The van der Waals surface area contributed by atoms with Crippen LogP contribution in [0.4, 0.5) is 19.0 Å². The van der Waals surface area contributed by atoms with E-state index in [1.807, 2.05) is 0 Å². The van der Waals surface area contributed by atoms with Gasteiger partial charge in [-0.05, 0) is 44.4 Å². The Kier molecular flexibility index (Phi) is 4.44. The molecule has 1 saturated carbocycles. The van der Waals surface area contributed by atoms with Gasteiger partial charge in [0.15, 0.2) is 0 Å². The van der Waals surface area contributed by atoms with Crippen molar-refractivity contribution in [3.63, 3.8) is 0 Å². The van der Waals surface area contributed by atoms with E-state index in [-0.39, 0.29) is 41.2 Å². The van der Waals surface area contributed by atoms with Crippen molar-refractivity contribution >= 4 is 11.7 Å². The smallest absolute Gasteiger partial charge is 0.389 e. The number of carbonyl (C=O) groups is 1. The van der Waals surface area contributed by atoms with E-state index in [0.717, 1.165) is 10.6 Å². The van der Waals surface area contributed by atoms with Crippen molar-refractivity contribution < 1.29 is 23.1 Å². The molecule has 0 saturated heterocycles. The summed E-state index contributed by atoms with van der Waals surface area (Å²) >= 11 is 0. The summed E-state index contributed by atoms with van der Waals surface area (Å²) in [5.74, 6) is -1.35. The number of amides is 1. The van der Waals surface area contributed by atoms with Crippen LogP contribution >= 0.6 is 0 Å². The Morgan fingerprint density at radius 1 is 1.29 bits per heavy atom. The van der Waals surface area contributed by atoms with Crippen molar-refractivity contribution in [3.8, 4) is 11.4 Å². The van der Waals surface area contributed by atoms with Gasteiger partial charge in [-0.1, -0.05) is 6.07 Å². The molecule has 3 rings (SSSR count). The SMILES string of the molecule is Cc1ccc(O)c(C)c1-n1c(N)c(C(N)=O)cc(C2(CC(F)(F)F)CC2)c1=O. The number of aromatic hydroxyl groups is 1. The molecule has 1 aromatic heterocycles. The Labute approximate surface area is 158 Å². The van der Waals surface area contributed by atoms with Crippen LogP contribution in [0.3, 0.4) is 0 Å². The first-order valence-electron chi connectivity index (χ1n) is 8.60. The number of benzene rings is 1. The number of anilines is 1. The molecule has 0 bridgehead atoms. The van der Waals surface area contributed by atoms with Crippen molar-refractivity contribution in [1.82, 2.24) is 4.57 Å². The number of phenols is 1. The Bertz CT molecular complexity index is 1040. The van der Waals surface area contributed by atoms with E-state index in [1.165, 1.54) is 6.07 Å². The van der Waals surface area contributed by atoms with Gasteiger partial charge < -0.3 is 16.6 Å². The Balaban J connectivity index is 2.37. The number of halogens is 3. The van der Waals surface area contributed by atoms with Crippen LogP contribution in [0.1, 0.15) is 46.3 Å². The van der Waals surface area contributed by atoms with E-state index in [0.29, 0.717) is 11.1 Å². The predicted molar refractivity (Wildman–Crippen MR) is 97.7 cm³/mol. The van der Waals surface area contributed by atoms with Crippen molar-refractivity contribution in [2.45, 2.75) is 44.7 Å². The zero-order chi connectivity index (χ0) is 21.0. The minimum absolute atomic E-state index is 0.116. The highest BCUT2D eigenvalue weighted by Gasteiger charge is 2.53. The first-order valence-corrected chi connectivity index (χ1v) is 8.60. The van der Waals surface area contributed by atoms with E-state index in [4.69, 9.17) is 11.5 Å². The molecule has 1 aliphatic rings. The van der Waals surface area contributed by atoms with Gasteiger partial charge in [0.2, 0.25) is 0 Å². The van der Waals surface area contributed by atoms with Gasteiger partial charge in [0, 0.05) is 16.5 Å². The standard InChI is InChI=1S/C19H20F3N3O3/c1-9-3-4-13(26)10(2)14(9)25-15(23)11(16(24)27)7-12(17(25)28)18(5-6-18)8-19(20,21)22/h3-4,7,26H,5-6,8,23H2,1-2H3,(H2,24,27). The molecule has 0 unspecified atom stereocenters. The maximum absolute atomic E-state index is 13.2. The number of phenolic OH excluding ortho intramolecular Hbond substituents is 1. The van der Waals surface area contributed by atoms with Crippen molar-refractivity contribution in [2.75, 3.05) is 5.73 Å². The lowest BCUT2D eigenvalue weighted by Crippen LogP contribution is -2.34. The van der Waals surface area contributed by atoms with Crippen molar-refractivity contribution in [1.29, 1.82) is 0 Å². The van der Waals surface area contributed by atoms with Crippen LogP contribution in [-0.4, -0.2) is 21.8 Å². The quantitative estimate of drug-likeness (QED) is 0.739. The number of hydrogen-bond donors (Lipinski definition) is 3. The molecule has 28 heavy (non-hydrogen) atoms. The van der Waals surface area contributed by atoms with Crippen molar-refractivity contribution in [3.05, 3.63) is 50.8 Å². The molecule has 9 heteroatoms. The normalized spacial score (nSPS) is 15.5. The Hall–Kier alpha value is -2.97. The number of alkyl halides is 3. The minimum atomic E-state index is -4.47. The summed E-state index contributed by atoms with van der Waals surface area (Å²) in [4.78, 5) is 25.1. The highest BCUT2D eigenvalue weighted by atomic mass is 19.4. The van der Waals surface area contributed by atoms with E-state index < -0.39 is 29.5 Å². The molecule has 0 spiro atoms. The number of carbonyl (C=O) groups excluding carboxylic acids is 1. The van der Waals surface area contributed by atoms with Crippen LogP contribution < -0.4 is 17.0 Å². The fourth-order valence-corrected chi connectivity index (χ4v) is 3.67. The van der Waals surface area contributed by atoms with Gasteiger partial charge in [0.25, 0.3) is 11.5 Å². The van der Waals surface area contributed by atoms with Gasteiger partial charge in [-0.2, -0.15) is 13.2 Å². The monoisotopic (exact) mass is 395 g/mol. The number of primary amides is 1. The largest absolute Gasteiger partial charge is 0.508 e. The van der Waals surface area contributed by atoms with Crippen LogP contribution in [-0.2, 0) is 5.41 Å². The van der Waals surface area contributed by atoms with Crippen molar-refractivity contribution in [2.24, 2.45) is 5.73 Å². The summed E-state index contributed by atoms with van der Waals surface area (Å²) in [6.07, 6.45) is -5.31. The number of aryl methyl sites for hydroxylation is 1. The van der Waals surface area contributed by atoms with Crippen LogP contribution in [0.25, 0.3) is 5.69 Å². The van der Waals surface area contributed by atoms with Gasteiger partial charge in [-0.3, -0.25) is 14.2 Å². The van der Waals surface area contributed by atoms with Crippen LogP contribution in [0, 0.1) is 13.8 Å². The highest BCUT2D eigenvalue weighted by Crippen LogP contribution is 2.54. The fourth-order valence-electron chi connectivity index (χ4n) is 3.67. The second-order valence-electron chi connectivity index (χ2n) is 7.31. The molecule has 1 aromatic carbocycles. The van der Waals surface area contributed by atoms with Gasteiger partial charge in [-0.25, -0.2) is 0 Å². The van der Waals surface area contributed by atoms with E-state index in [9.17, 15) is 27.9 Å². The summed E-state index contributed by atoms with van der Waals surface area (Å²) in [7, 11) is 0. The molecule has 1 heterocycles. The molecular formula is C19H20F3N3O3. The lowest BCUT2D eigenvalue weighted by atomic mass is 9.91. The average molecular weight is 395 g/mol. The molecule has 1 fully saturated rings. The zero-order valence-corrected chi connectivity index (χ0v) is 15.4. The summed E-state index contributed by atoms with van der Waals surface area (Å²) in [5.41, 5.74) is 9.95. The molecule has 0 aliphatic heterocycles. The third-order valence-corrected chi connectivity index (χ3v) is 5.30. The summed E-state index contributed by atoms with van der Waals surface area (Å²) in [6, 6.07) is 4.06. The average Bonchev–Trinajstić information content (AvgIpc) is 3.32. The fraction of sp³-hybridized carbons (Fsp3) is 0.368. The van der Waals surface area contributed by atoms with Gasteiger partial charge in [-0.15, -0.1) is 0 Å². The molecule has 5 N–H and O–H groups in total. The molecular weight excluding hydrogens is 375 g/mol. The molecule has 1 amide bonds. The molecule has 0 atom stereocenters. The highest BCUT2D eigenvalue weighted by molar-refractivity contribution is 5.97. The van der Waals surface area contributed by atoms with E-state index in [1.54, 1.807) is 19.9 Å². The molecule has 1 aliphatic carbocycles. The second kappa shape index (κ2) is 6.29. The maximum atomic E-state index is 13.2. The Morgan fingerprint density at radius 2 is 1.89 bits per heavy atom. The molecule has 2 aromatic rings. The van der Waals surface area contributed by atoms with Crippen LogP contribution in [0.2, 0.25) is 0 Å². The number of rotatable bonds is 4. The minimum Gasteiger partial charge on any atom is -0.508 e. The summed E-state index contributed by atoms with van der Waals surface area (Å²) in [5, 5.41) is 10.0. The number of nitrogens with two attached hydrogens (primary N) is 2. The second-order valence-corrected chi connectivity index (χ2v) is 7.31. The predicted octanol–water partition coefficient (Wildman–Crippen LogP) is 2.83.